The maximum absolute atomic E-state index is 13.8. The highest BCUT2D eigenvalue weighted by atomic mass is 79.9. The fraction of sp³-hybridized carbons (Fsp3) is 0.263. The molecule has 3 aromatic rings. The number of nitrogens with one attached hydrogen (secondary N) is 1. The number of fused-ring (bicyclic) bond motifs is 1. The number of ether oxygens (including phenoxy) is 1. The molecule has 0 atom stereocenters. The Balaban J connectivity index is 1.72. The summed E-state index contributed by atoms with van der Waals surface area (Å²) in [5, 5.41) is 3.95. The van der Waals surface area contributed by atoms with Gasteiger partial charge in [0, 0.05) is 43.6 Å². The quantitative estimate of drug-likeness (QED) is 0.685. The minimum atomic E-state index is -0.358. The lowest BCUT2D eigenvalue weighted by atomic mass is 10.1. The van der Waals surface area contributed by atoms with E-state index in [2.05, 4.69) is 26.2 Å². The number of nitrogens with zero attached hydrogens (tertiary/aromatic N) is 3. The molecule has 0 bridgehead atoms. The zero-order chi connectivity index (χ0) is 19.0. The van der Waals surface area contributed by atoms with E-state index in [1.807, 2.05) is 23.9 Å². The largest absolute Gasteiger partial charge is 0.378 e. The highest BCUT2D eigenvalue weighted by molar-refractivity contribution is 9.10. The molecule has 3 heterocycles. The second-order valence-electron chi connectivity index (χ2n) is 6.37. The second-order valence-corrected chi connectivity index (χ2v) is 7.22. The molecule has 1 aliphatic heterocycles. The molecule has 27 heavy (non-hydrogen) atoms. The number of amides is 1. The summed E-state index contributed by atoms with van der Waals surface area (Å²) in [5.74, 6) is 0.160. The van der Waals surface area contributed by atoms with Gasteiger partial charge in [-0.3, -0.25) is 4.79 Å². The molecule has 1 aromatic carbocycles. The predicted molar refractivity (Wildman–Crippen MR) is 105 cm³/mol. The van der Waals surface area contributed by atoms with Crippen LogP contribution < -0.4 is 5.32 Å². The molecule has 0 saturated carbocycles. The third-order valence-corrected chi connectivity index (χ3v) is 5.26. The Bertz CT molecular complexity index is 1010. The van der Waals surface area contributed by atoms with Crippen LogP contribution in [-0.4, -0.2) is 46.7 Å². The van der Waals surface area contributed by atoms with Gasteiger partial charge in [0.05, 0.1) is 28.8 Å². The Morgan fingerprint density at radius 2 is 2.07 bits per heavy atom. The van der Waals surface area contributed by atoms with Gasteiger partial charge in [0.15, 0.2) is 0 Å². The normalized spacial score (nSPS) is 14.6. The van der Waals surface area contributed by atoms with Gasteiger partial charge in [-0.2, -0.15) is 0 Å². The number of pyridine rings is 1. The SMILES string of the molecule is Cn1ccc2c(Nc3ccc(Br)c(F)c3)ncc(C(=O)N3CCOCC3)c21. The standard InChI is InChI=1S/C19H18BrFN4O2/c1-24-5-4-13-17(24)14(19(26)25-6-8-27-9-7-25)11-22-18(13)23-12-2-3-15(20)16(21)10-12/h2-5,10-11H,6-9H2,1H3,(H,22,23). The Labute approximate surface area is 164 Å². The molecule has 1 fully saturated rings. The van der Waals surface area contributed by atoms with Crippen molar-refractivity contribution >= 4 is 44.2 Å². The van der Waals surface area contributed by atoms with Crippen molar-refractivity contribution in [2.75, 3.05) is 31.6 Å². The Kier molecular flexibility index (Phi) is 4.84. The van der Waals surface area contributed by atoms with Crippen LogP contribution in [-0.2, 0) is 11.8 Å². The van der Waals surface area contributed by atoms with Crippen LogP contribution in [0.4, 0.5) is 15.9 Å². The number of aryl methyl sites for hydroxylation is 1. The molecule has 0 spiro atoms. The van der Waals surface area contributed by atoms with Crippen molar-refractivity contribution in [3.05, 3.63) is 52.5 Å². The number of hydrogen-bond acceptors (Lipinski definition) is 4. The van der Waals surface area contributed by atoms with Gasteiger partial charge < -0.3 is 19.5 Å². The van der Waals surface area contributed by atoms with Gasteiger partial charge in [0.1, 0.15) is 11.6 Å². The van der Waals surface area contributed by atoms with Crippen LogP contribution in [0.2, 0.25) is 0 Å². The molecule has 8 heteroatoms. The summed E-state index contributed by atoms with van der Waals surface area (Å²) in [7, 11) is 1.89. The van der Waals surface area contributed by atoms with Crippen molar-refractivity contribution in [2.45, 2.75) is 0 Å². The highest BCUT2D eigenvalue weighted by Gasteiger charge is 2.23. The minimum absolute atomic E-state index is 0.0566. The van der Waals surface area contributed by atoms with Crippen molar-refractivity contribution in [3.63, 3.8) is 0 Å². The van der Waals surface area contributed by atoms with Crippen LogP contribution in [0, 0.1) is 5.82 Å². The molecule has 140 valence electrons. The number of rotatable bonds is 3. The monoisotopic (exact) mass is 432 g/mol. The van der Waals surface area contributed by atoms with E-state index in [0.29, 0.717) is 47.8 Å². The van der Waals surface area contributed by atoms with Crippen LogP contribution in [0.3, 0.4) is 0 Å². The first kappa shape index (κ1) is 17.9. The van der Waals surface area contributed by atoms with E-state index < -0.39 is 0 Å². The van der Waals surface area contributed by atoms with E-state index in [0.717, 1.165) is 10.9 Å². The van der Waals surface area contributed by atoms with Crippen molar-refractivity contribution in [1.29, 1.82) is 0 Å². The number of carbonyl (C=O) groups is 1. The number of benzene rings is 1. The lowest BCUT2D eigenvalue weighted by Crippen LogP contribution is -2.40. The number of carbonyl (C=O) groups excluding carboxylic acids is 1. The number of halogens is 2. The van der Waals surface area contributed by atoms with Crippen molar-refractivity contribution in [2.24, 2.45) is 7.05 Å². The average Bonchev–Trinajstić information content (AvgIpc) is 3.08. The third-order valence-electron chi connectivity index (χ3n) is 4.62. The Morgan fingerprint density at radius 3 is 2.81 bits per heavy atom. The van der Waals surface area contributed by atoms with E-state index in [1.54, 1.807) is 23.2 Å². The van der Waals surface area contributed by atoms with E-state index in [-0.39, 0.29) is 11.7 Å². The maximum atomic E-state index is 13.8. The molecular weight excluding hydrogens is 415 g/mol. The van der Waals surface area contributed by atoms with Gasteiger partial charge in [0.25, 0.3) is 5.91 Å². The first-order valence-corrected chi connectivity index (χ1v) is 9.37. The predicted octanol–water partition coefficient (Wildman–Crippen LogP) is 3.69. The van der Waals surface area contributed by atoms with Crippen LogP contribution in [0.1, 0.15) is 10.4 Å². The van der Waals surface area contributed by atoms with Gasteiger partial charge in [-0.15, -0.1) is 0 Å². The van der Waals surface area contributed by atoms with Gasteiger partial charge in [0.2, 0.25) is 0 Å². The van der Waals surface area contributed by atoms with Crippen molar-refractivity contribution in [3.8, 4) is 0 Å². The van der Waals surface area contributed by atoms with Gasteiger partial charge in [-0.25, -0.2) is 9.37 Å². The smallest absolute Gasteiger partial charge is 0.257 e. The third kappa shape index (κ3) is 3.42. The number of anilines is 2. The summed E-state index contributed by atoms with van der Waals surface area (Å²) in [5.41, 5.74) is 1.93. The second kappa shape index (κ2) is 7.28. The molecule has 2 aromatic heterocycles. The van der Waals surface area contributed by atoms with Gasteiger partial charge in [-0.1, -0.05) is 0 Å². The van der Waals surface area contributed by atoms with Crippen LogP contribution >= 0.6 is 15.9 Å². The molecule has 6 nitrogen and oxygen atoms in total. The molecule has 0 unspecified atom stereocenters. The summed E-state index contributed by atoms with van der Waals surface area (Å²) in [6.07, 6.45) is 3.47. The molecule has 1 saturated heterocycles. The average molecular weight is 433 g/mol. The van der Waals surface area contributed by atoms with Crippen LogP contribution in [0.15, 0.2) is 41.1 Å². The molecule has 0 radical (unpaired) electrons. The number of morpholine rings is 1. The first-order valence-electron chi connectivity index (χ1n) is 8.58. The van der Waals surface area contributed by atoms with Crippen molar-refractivity contribution in [1.82, 2.24) is 14.5 Å². The Hall–Kier alpha value is -2.45. The van der Waals surface area contributed by atoms with E-state index in [9.17, 15) is 9.18 Å². The van der Waals surface area contributed by atoms with E-state index >= 15 is 0 Å². The molecule has 0 aliphatic carbocycles. The summed E-state index contributed by atoms with van der Waals surface area (Å²) < 4.78 is 21.4. The van der Waals surface area contributed by atoms with Crippen LogP contribution in [0.5, 0.6) is 0 Å². The number of hydrogen-bond donors (Lipinski definition) is 1. The lowest BCUT2D eigenvalue weighted by molar-refractivity contribution is 0.0303. The molecular formula is C19H18BrFN4O2. The topological polar surface area (TPSA) is 59.4 Å². The summed E-state index contributed by atoms with van der Waals surface area (Å²) in [4.78, 5) is 19.2. The molecule has 4 rings (SSSR count). The fourth-order valence-corrected chi connectivity index (χ4v) is 3.47. The van der Waals surface area contributed by atoms with E-state index in [1.165, 1.54) is 6.07 Å². The first-order chi connectivity index (χ1) is 13.0. The lowest BCUT2D eigenvalue weighted by Gasteiger charge is -2.27. The summed E-state index contributed by atoms with van der Waals surface area (Å²) in [6.45, 7) is 2.24. The zero-order valence-corrected chi connectivity index (χ0v) is 16.3. The summed E-state index contributed by atoms with van der Waals surface area (Å²) >= 11 is 3.15. The molecule has 1 aliphatic rings. The Morgan fingerprint density at radius 1 is 1.30 bits per heavy atom. The minimum Gasteiger partial charge on any atom is -0.378 e. The van der Waals surface area contributed by atoms with Crippen LogP contribution in [0.25, 0.3) is 10.9 Å². The van der Waals surface area contributed by atoms with Gasteiger partial charge >= 0.3 is 0 Å². The zero-order valence-electron chi connectivity index (χ0n) is 14.7. The molecule has 1 N–H and O–H groups in total. The van der Waals surface area contributed by atoms with Crippen molar-refractivity contribution < 1.29 is 13.9 Å². The summed E-state index contributed by atoms with van der Waals surface area (Å²) in [6, 6.07) is 6.69. The van der Waals surface area contributed by atoms with E-state index in [4.69, 9.17) is 4.74 Å². The molecule has 1 amide bonds. The number of aromatic nitrogens is 2. The highest BCUT2D eigenvalue weighted by Crippen LogP contribution is 2.29. The fourth-order valence-electron chi connectivity index (χ4n) is 3.22. The maximum Gasteiger partial charge on any atom is 0.257 e. The van der Waals surface area contributed by atoms with Gasteiger partial charge in [-0.05, 0) is 40.2 Å².